The largest absolute Gasteiger partial charge is 0.374 e. The summed E-state index contributed by atoms with van der Waals surface area (Å²) in [4.78, 5) is 174. The molecule has 0 bridgehead atoms. The van der Waals surface area contributed by atoms with Gasteiger partial charge in [0.2, 0.25) is 35.3 Å². The van der Waals surface area contributed by atoms with Gasteiger partial charge in [-0.2, -0.15) is 8.78 Å². The molecule has 7 saturated heterocycles. The van der Waals surface area contributed by atoms with Gasteiger partial charge in [0.05, 0.1) is 52.7 Å². The molecule has 8 aliphatic heterocycles. The lowest BCUT2D eigenvalue weighted by Crippen LogP contribution is -2.48. The maximum Gasteiger partial charge on any atom is 0.326 e. The Morgan fingerprint density at radius 1 is 0.479 bits per heavy atom. The molecular weight excluding hydrogens is 1590 g/mol. The fourth-order valence-electron chi connectivity index (χ4n) is 14.3. The van der Waals surface area contributed by atoms with Crippen LogP contribution in [-0.2, 0) is 67.1 Å². The standard InChI is InChI=1S/C10H14O2.C9H15NO.C8H10F2O2.C8H14N2O.C8H12N2O.2C8H13NOS.C8H12O2.C8H14O2.C7H13NO2.C6H9NO2S/c1-6(2)9-7(11)5-8(12)10(9)3-4-10;1-6(2)8-5-4-7(3)10-9(8)11;1-4(2)7-5(11)3-6(12)8(7,9)10;2*1-6(2)10-5-4-7(3)9-8(10)11;1-5(2)7-4-11-6(3)9-8(7)10;1-5(2)7-8(10)9-6(3)4-11-7;1-5(2)7-3-6(9)4-8(7)10;1-6(2)7-3-4-10-5-8(7)9;1-5(2)6-3-4-7(9)8-10-6;1-3(2)4-5(8)7-6(9)10-4/h6,9H,3-5H2,1-2H3;6,8H,3-5H2,1-2H3,(H,10,11);4,7H,3H2,1-2H3;6H,3-5H2,1-2H3,(H,9,11);4-6H,3H2,1-2H3,(H,9,11);2*5,7H,3-4H2,1-2H3,(H,9,10);5,7H,3-4H2,1-2H3;6-7H,3-5H2,1-2H3;5-6H,3-4H2,1-2H3,(H,8,9);3-4H,1-2H3,(H,7,8,9). The van der Waals surface area contributed by atoms with E-state index >= 15 is 0 Å². The van der Waals surface area contributed by atoms with Crippen LogP contribution in [0.3, 0.4) is 0 Å². The Bertz CT molecular complexity index is 3420. The Hall–Kier alpha value is -7.48. The Labute approximate surface area is 718 Å². The fraction of sp³-hybridized carbons (Fsp3) is 0.693. The lowest BCUT2D eigenvalue weighted by molar-refractivity contribution is -0.151. The zero-order valence-electron chi connectivity index (χ0n) is 74.6. The summed E-state index contributed by atoms with van der Waals surface area (Å²) in [6.07, 6.45) is 11.0. The molecule has 4 aliphatic carbocycles. The summed E-state index contributed by atoms with van der Waals surface area (Å²) in [6, 6.07) is 0.353. The second kappa shape index (κ2) is 50.8. The summed E-state index contributed by atoms with van der Waals surface area (Å²) < 4.78 is 30.9. The fourth-order valence-corrected chi connectivity index (χ4v) is 17.2. The highest BCUT2D eigenvalue weighted by molar-refractivity contribution is 8.15. The normalized spacial score (nSPS) is 25.5. The van der Waals surface area contributed by atoms with E-state index in [4.69, 9.17) is 9.57 Å². The summed E-state index contributed by atoms with van der Waals surface area (Å²) in [5.74, 6) is -0.410. The van der Waals surface area contributed by atoms with Crippen LogP contribution in [0.2, 0.25) is 0 Å². The predicted molar refractivity (Wildman–Crippen MR) is 465 cm³/mol. The first-order chi connectivity index (χ1) is 55.1. The first kappa shape index (κ1) is 108. The minimum absolute atomic E-state index is 0.00287. The van der Waals surface area contributed by atoms with Gasteiger partial charge in [0.25, 0.3) is 5.24 Å². The van der Waals surface area contributed by atoms with E-state index in [1.165, 1.54) is 13.8 Å². The molecule has 9 unspecified atom stereocenters. The van der Waals surface area contributed by atoms with Crippen LogP contribution in [0.1, 0.15) is 229 Å². The van der Waals surface area contributed by atoms with E-state index in [9.17, 15) is 80.7 Å². The van der Waals surface area contributed by atoms with Crippen LogP contribution < -0.4 is 37.4 Å². The Morgan fingerprint density at radius 3 is 1.37 bits per heavy atom. The minimum atomic E-state index is -3.43. The monoisotopic (exact) mass is 1730 g/mol. The number of nitrogens with one attached hydrogen (secondary N) is 7. The highest BCUT2D eigenvalue weighted by Crippen LogP contribution is 2.60. The van der Waals surface area contributed by atoms with Crippen LogP contribution in [0.4, 0.5) is 23.2 Å². The van der Waals surface area contributed by atoms with Crippen LogP contribution in [0, 0.1) is 94.2 Å². The molecule has 0 radical (unpaired) electrons. The zero-order valence-corrected chi connectivity index (χ0v) is 77.0. The Kier molecular flexibility index (Phi) is 45.9. The second-order valence-corrected chi connectivity index (χ2v) is 38.6. The van der Waals surface area contributed by atoms with E-state index in [1.54, 1.807) is 45.6 Å². The molecule has 0 aromatic heterocycles. The number of hydrogen-bond donors (Lipinski definition) is 7. The third-order valence-corrected chi connectivity index (χ3v) is 25.4. The maximum absolute atomic E-state index is 12.9. The lowest BCUT2D eigenvalue weighted by atomic mass is 9.83. The summed E-state index contributed by atoms with van der Waals surface area (Å²) in [6.45, 7) is 64.0. The van der Waals surface area contributed by atoms with Crippen molar-refractivity contribution in [2.24, 2.45) is 94.2 Å². The molecule has 119 heavy (non-hydrogen) atoms. The van der Waals surface area contributed by atoms with Crippen molar-refractivity contribution in [1.82, 2.24) is 47.2 Å². The number of imide groups is 1. The quantitative estimate of drug-likeness (QED) is 0.0945. The molecule has 9 atom stereocenters. The van der Waals surface area contributed by atoms with E-state index < -0.39 is 35.7 Å². The molecule has 10 amide bonds. The van der Waals surface area contributed by atoms with Crippen molar-refractivity contribution in [1.29, 1.82) is 0 Å². The van der Waals surface area contributed by atoms with Gasteiger partial charge in [-0.05, 0) is 126 Å². The van der Waals surface area contributed by atoms with Gasteiger partial charge in [-0.25, -0.2) is 15.1 Å². The van der Waals surface area contributed by atoms with E-state index in [1.807, 2.05) is 69.2 Å². The number of urea groups is 2. The number of halogens is 2. The third kappa shape index (κ3) is 35.5. The van der Waals surface area contributed by atoms with Gasteiger partial charge in [0.1, 0.15) is 35.5 Å². The Morgan fingerprint density at radius 2 is 1.01 bits per heavy atom. The molecule has 670 valence electrons. The van der Waals surface area contributed by atoms with Gasteiger partial charge in [0.15, 0.2) is 5.78 Å². The SMILES string of the molecule is C=C1C=CN(C(C)C)C(=O)N1.C=C1CCC(C(C)C)C(=O)N1.C=C1CCN(C(C)C)C(=O)N1.C=C1CSC(C(C)C)C(=O)N1.C=C1NC(=O)C(C(C)C)CS1.CC(C)C1C(=O)CC(=O)C1(F)F.CC(C)C1C(=O)CC(=O)C12CC2.CC(C)C1CC(=O)CC1=O.CC(C)C1CCC(=O)NO1.CC(C)C1CCOCC1=O.CC(C)C1SC(=O)NC1=O. The number of hydrogen-bond acceptors (Lipinski definition) is 20. The van der Waals surface area contributed by atoms with Crippen LogP contribution in [-0.4, -0.2) is 163 Å². The number of piperidine rings is 1. The summed E-state index contributed by atoms with van der Waals surface area (Å²) in [5.41, 5.74) is 5.37. The number of alkyl halides is 2. The molecular formula is C88H139F2N9O17S3. The maximum atomic E-state index is 12.9. The molecule has 31 heteroatoms. The second-order valence-electron chi connectivity index (χ2n) is 35.2. The number of nitrogens with zero attached hydrogens (tertiary/aromatic N) is 2. The molecule has 11 fully saturated rings. The molecule has 26 nitrogen and oxygen atoms in total. The van der Waals surface area contributed by atoms with Crippen LogP contribution in [0.5, 0.6) is 0 Å². The third-order valence-electron chi connectivity index (χ3n) is 21.5. The van der Waals surface area contributed by atoms with Crippen molar-refractivity contribution in [2.75, 3.05) is 31.3 Å². The van der Waals surface area contributed by atoms with E-state index in [0.717, 1.165) is 103 Å². The van der Waals surface area contributed by atoms with E-state index in [-0.39, 0.29) is 158 Å². The number of amides is 10. The number of allylic oxidation sites excluding steroid dienone is 2. The molecule has 12 aliphatic rings. The lowest BCUT2D eigenvalue weighted by Gasteiger charge is -2.31. The van der Waals surface area contributed by atoms with Gasteiger partial charge >= 0.3 is 18.0 Å². The Balaban J connectivity index is 0.000000444. The smallest absolute Gasteiger partial charge is 0.326 e. The van der Waals surface area contributed by atoms with Gasteiger partial charge in [0, 0.05) is 114 Å². The van der Waals surface area contributed by atoms with E-state index in [2.05, 4.69) is 140 Å². The predicted octanol–water partition coefficient (Wildman–Crippen LogP) is 14.7. The minimum Gasteiger partial charge on any atom is -0.374 e. The highest BCUT2D eigenvalue weighted by atomic mass is 32.2. The van der Waals surface area contributed by atoms with Crippen molar-refractivity contribution >= 4 is 123 Å². The van der Waals surface area contributed by atoms with Gasteiger partial charge < -0.3 is 36.2 Å². The average Bonchev–Trinajstić information content (AvgIpc) is 1.56. The van der Waals surface area contributed by atoms with Gasteiger partial charge in [-0.15, -0.1) is 23.5 Å². The average molecular weight is 1730 g/mol. The van der Waals surface area contributed by atoms with Gasteiger partial charge in [-0.1, -0.05) is 169 Å². The summed E-state index contributed by atoms with van der Waals surface area (Å²) in [5, 5.41) is 16.3. The zero-order chi connectivity index (χ0) is 91.2. The van der Waals surface area contributed by atoms with Crippen molar-refractivity contribution < 1.29 is 90.3 Å². The molecule has 8 heterocycles. The number of hydroxylamine groups is 1. The first-order valence-electron chi connectivity index (χ1n) is 41.7. The van der Waals surface area contributed by atoms with Crippen molar-refractivity contribution in [3.63, 3.8) is 0 Å². The number of ketones is 7. The first-order valence-corrected chi connectivity index (χ1v) is 44.6. The topological polar surface area (TPSA) is 365 Å². The summed E-state index contributed by atoms with van der Waals surface area (Å²) >= 11 is 4.39. The summed E-state index contributed by atoms with van der Waals surface area (Å²) in [7, 11) is 0. The molecule has 12 rings (SSSR count). The van der Waals surface area contributed by atoms with Crippen LogP contribution in [0.15, 0.2) is 73.0 Å². The number of thioether (sulfide) groups is 3. The molecule has 0 aromatic carbocycles. The van der Waals surface area contributed by atoms with E-state index in [0.29, 0.717) is 66.6 Å². The molecule has 7 N–H and O–H groups in total. The van der Waals surface area contributed by atoms with Crippen molar-refractivity contribution in [3.8, 4) is 0 Å². The van der Waals surface area contributed by atoms with Gasteiger partial charge in [-0.3, -0.25) is 77.4 Å². The number of Topliss-reactive ketones (excluding diaryl/α,β-unsaturated/α-hetero) is 7. The highest BCUT2D eigenvalue weighted by Gasteiger charge is 2.63. The van der Waals surface area contributed by atoms with Crippen molar-refractivity contribution in [3.05, 3.63) is 73.0 Å². The number of carbonyl (C=O) groups excluding carboxylic acids is 15. The molecule has 0 aromatic rings. The number of ether oxygens (including phenoxy) is 1. The van der Waals surface area contributed by atoms with Crippen LogP contribution >= 0.6 is 35.3 Å². The molecule has 4 saturated carbocycles. The number of carbonyl (C=O) groups is 15. The molecule has 1 spiro atoms. The number of rotatable bonds is 11. The van der Waals surface area contributed by atoms with Crippen LogP contribution in [0.25, 0.3) is 0 Å². The van der Waals surface area contributed by atoms with Crippen molar-refractivity contribution in [2.45, 2.75) is 264 Å².